The lowest BCUT2D eigenvalue weighted by molar-refractivity contribution is 0.865. The van der Waals surface area contributed by atoms with Crippen molar-refractivity contribution in [2.75, 3.05) is 0 Å². The van der Waals surface area contributed by atoms with Crippen LogP contribution in [0.5, 0.6) is 0 Å². The van der Waals surface area contributed by atoms with Crippen LogP contribution in [0.25, 0.3) is 90.4 Å². The maximum atomic E-state index is 5.17. The van der Waals surface area contributed by atoms with Crippen molar-refractivity contribution in [2.24, 2.45) is 0 Å². The zero-order valence-electron chi connectivity index (χ0n) is 34.0. The number of imidazole rings is 2. The Balaban J connectivity index is 1.06. The van der Waals surface area contributed by atoms with Crippen molar-refractivity contribution >= 4 is 22.1 Å². The van der Waals surface area contributed by atoms with Crippen LogP contribution in [-0.2, 0) is 0 Å². The van der Waals surface area contributed by atoms with E-state index >= 15 is 0 Å². The van der Waals surface area contributed by atoms with E-state index < -0.39 is 0 Å². The molecule has 7 aromatic carbocycles. The molecule has 0 saturated carbocycles. The smallest absolute Gasteiger partial charge is 0.164 e. The highest BCUT2D eigenvalue weighted by molar-refractivity contribution is 5.85. The Hall–Kier alpha value is -7.51. The minimum Gasteiger partial charge on any atom is -0.292 e. The number of benzene rings is 7. The molecule has 7 nitrogen and oxygen atoms in total. The standard InChI is InChI=1S/C53H43N7/c1-34(2)41-18-8-10-20-43(41)52-54-45-22-12-14-24-47(45)59(52)39-30-26-37(27-31-39)50-56-49(36-16-6-5-7-17-36)57-51(58-50)38-28-32-40(33-29-38)60-48-25-15-13-23-46(48)55-53(60)44-21-11-9-19-42(44)35(3)4/h5-35H,1-4H3. The van der Waals surface area contributed by atoms with Crippen molar-refractivity contribution in [3.8, 4) is 68.3 Å². The molecule has 0 unspecified atom stereocenters. The number of nitrogens with zero attached hydrogens (tertiary/aromatic N) is 7. The Bertz CT molecular complexity index is 2950. The molecule has 0 atom stereocenters. The molecule has 7 heteroatoms. The average molecular weight is 778 g/mol. The molecule has 0 bridgehead atoms. The maximum Gasteiger partial charge on any atom is 0.164 e. The Labute approximate surface area is 349 Å². The Morgan fingerprint density at radius 1 is 0.333 bits per heavy atom. The number of hydrogen-bond donors (Lipinski definition) is 0. The van der Waals surface area contributed by atoms with E-state index in [1.165, 1.54) is 11.1 Å². The fourth-order valence-corrected chi connectivity index (χ4v) is 8.21. The van der Waals surface area contributed by atoms with Gasteiger partial charge in [0.15, 0.2) is 17.5 Å². The van der Waals surface area contributed by atoms with Gasteiger partial charge >= 0.3 is 0 Å². The molecule has 0 spiro atoms. The van der Waals surface area contributed by atoms with Gasteiger partial charge in [-0.25, -0.2) is 24.9 Å². The van der Waals surface area contributed by atoms with Crippen LogP contribution in [-0.4, -0.2) is 34.1 Å². The van der Waals surface area contributed by atoms with Crippen LogP contribution in [0.4, 0.5) is 0 Å². The largest absolute Gasteiger partial charge is 0.292 e. The Morgan fingerprint density at radius 3 is 1.10 bits per heavy atom. The number of aromatic nitrogens is 7. The zero-order chi connectivity index (χ0) is 40.7. The molecule has 0 aliphatic carbocycles. The molecular formula is C53H43N7. The molecule has 60 heavy (non-hydrogen) atoms. The summed E-state index contributed by atoms with van der Waals surface area (Å²) in [5, 5.41) is 0. The van der Waals surface area contributed by atoms with Crippen LogP contribution in [0.15, 0.2) is 176 Å². The van der Waals surface area contributed by atoms with Crippen molar-refractivity contribution in [1.82, 2.24) is 34.1 Å². The SMILES string of the molecule is CC(C)c1ccccc1-c1nc2ccccc2n1-c1ccc(-c2nc(-c3ccccc3)nc(-c3ccc(-n4c(-c5ccccc5C(C)C)nc5ccccc54)cc3)n2)cc1. The minimum atomic E-state index is 0.348. The van der Waals surface area contributed by atoms with E-state index in [0.717, 1.165) is 72.9 Å². The van der Waals surface area contributed by atoms with E-state index in [0.29, 0.717) is 29.3 Å². The van der Waals surface area contributed by atoms with E-state index in [-0.39, 0.29) is 0 Å². The molecule has 0 aliphatic heterocycles. The topological polar surface area (TPSA) is 74.3 Å². The minimum absolute atomic E-state index is 0.348. The highest BCUT2D eigenvalue weighted by Crippen LogP contribution is 2.36. The van der Waals surface area contributed by atoms with Crippen LogP contribution in [0, 0.1) is 0 Å². The second kappa shape index (κ2) is 15.3. The third-order valence-electron chi connectivity index (χ3n) is 11.2. The zero-order valence-corrected chi connectivity index (χ0v) is 34.0. The fraction of sp³-hybridized carbons (Fsp3) is 0.113. The second-order valence-corrected chi connectivity index (χ2v) is 15.8. The quantitative estimate of drug-likeness (QED) is 0.146. The number of para-hydroxylation sites is 4. The van der Waals surface area contributed by atoms with Gasteiger partial charge in [-0.05, 0) is 95.8 Å². The summed E-state index contributed by atoms with van der Waals surface area (Å²) < 4.78 is 4.51. The predicted octanol–water partition coefficient (Wildman–Crippen LogP) is 13.1. The van der Waals surface area contributed by atoms with Gasteiger partial charge in [0.25, 0.3) is 0 Å². The third-order valence-corrected chi connectivity index (χ3v) is 11.2. The molecule has 290 valence electrons. The van der Waals surface area contributed by atoms with Crippen LogP contribution in [0.1, 0.15) is 50.7 Å². The lowest BCUT2D eigenvalue weighted by Gasteiger charge is -2.15. The number of fused-ring (bicyclic) bond motifs is 2. The van der Waals surface area contributed by atoms with Gasteiger partial charge in [0.1, 0.15) is 11.6 Å². The molecule has 0 radical (unpaired) electrons. The molecule has 10 rings (SSSR count). The summed E-state index contributed by atoms with van der Waals surface area (Å²) in [6.45, 7) is 8.92. The van der Waals surface area contributed by atoms with Crippen LogP contribution in [0.3, 0.4) is 0 Å². The predicted molar refractivity (Wildman–Crippen MR) is 244 cm³/mol. The molecule has 3 heterocycles. The van der Waals surface area contributed by atoms with Gasteiger partial charge in [0.05, 0.1) is 22.1 Å². The average Bonchev–Trinajstić information content (AvgIpc) is 3.89. The van der Waals surface area contributed by atoms with Gasteiger partial charge in [-0.3, -0.25) is 9.13 Å². The van der Waals surface area contributed by atoms with Gasteiger partial charge in [0.2, 0.25) is 0 Å². The monoisotopic (exact) mass is 777 g/mol. The first kappa shape index (κ1) is 36.8. The molecule has 0 saturated heterocycles. The van der Waals surface area contributed by atoms with Crippen molar-refractivity contribution in [1.29, 1.82) is 0 Å². The van der Waals surface area contributed by atoms with Gasteiger partial charge in [0, 0.05) is 39.2 Å². The van der Waals surface area contributed by atoms with Crippen LogP contribution in [0.2, 0.25) is 0 Å². The van der Waals surface area contributed by atoms with Gasteiger partial charge in [-0.2, -0.15) is 0 Å². The molecule has 10 aromatic rings. The van der Waals surface area contributed by atoms with Gasteiger partial charge in [-0.1, -0.05) is 131 Å². The Morgan fingerprint density at radius 2 is 0.683 bits per heavy atom. The molecule has 0 amide bonds. The summed E-state index contributed by atoms with van der Waals surface area (Å²) >= 11 is 0. The van der Waals surface area contributed by atoms with E-state index in [9.17, 15) is 0 Å². The van der Waals surface area contributed by atoms with Gasteiger partial charge in [-0.15, -0.1) is 0 Å². The van der Waals surface area contributed by atoms with Crippen LogP contribution < -0.4 is 0 Å². The summed E-state index contributed by atoms with van der Waals surface area (Å²) in [5.41, 5.74) is 13.5. The normalized spacial score (nSPS) is 11.6. The molecule has 3 aromatic heterocycles. The van der Waals surface area contributed by atoms with E-state index in [1.807, 2.05) is 42.5 Å². The number of rotatable bonds is 9. The summed E-state index contributed by atoms with van der Waals surface area (Å²) in [7, 11) is 0. The van der Waals surface area contributed by atoms with E-state index in [1.54, 1.807) is 0 Å². The summed E-state index contributed by atoms with van der Waals surface area (Å²) in [5.74, 6) is 4.36. The van der Waals surface area contributed by atoms with Crippen molar-refractivity contribution in [2.45, 2.75) is 39.5 Å². The molecule has 0 fully saturated rings. The van der Waals surface area contributed by atoms with E-state index in [2.05, 4.69) is 170 Å². The van der Waals surface area contributed by atoms with Crippen molar-refractivity contribution in [3.63, 3.8) is 0 Å². The fourth-order valence-electron chi connectivity index (χ4n) is 8.21. The summed E-state index contributed by atoms with van der Waals surface area (Å²) in [6.07, 6.45) is 0. The molecule has 0 N–H and O–H groups in total. The second-order valence-electron chi connectivity index (χ2n) is 15.8. The lowest BCUT2D eigenvalue weighted by atomic mass is 9.97. The third kappa shape index (κ3) is 6.64. The van der Waals surface area contributed by atoms with Crippen molar-refractivity contribution in [3.05, 3.63) is 187 Å². The van der Waals surface area contributed by atoms with E-state index in [4.69, 9.17) is 24.9 Å². The number of hydrogen-bond acceptors (Lipinski definition) is 5. The molecule has 0 aliphatic rings. The van der Waals surface area contributed by atoms with Gasteiger partial charge < -0.3 is 0 Å². The maximum absolute atomic E-state index is 5.17. The summed E-state index contributed by atoms with van der Waals surface area (Å²) in [6, 6.07) is 60.8. The Kier molecular flexibility index (Phi) is 9.41. The first-order chi connectivity index (χ1) is 29.4. The molecular weight excluding hydrogens is 735 g/mol. The highest BCUT2D eigenvalue weighted by Gasteiger charge is 2.21. The first-order valence-corrected chi connectivity index (χ1v) is 20.6. The first-order valence-electron chi connectivity index (χ1n) is 20.6. The lowest BCUT2D eigenvalue weighted by Crippen LogP contribution is -2.03. The van der Waals surface area contributed by atoms with Crippen molar-refractivity contribution < 1.29 is 0 Å². The highest BCUT2D eigenvalue weighted by atomic mass is 15.1. The van der Waals surface area contributed by atoms with Crippen LogP contribution >= 0.6 is 0 Å². The summed E-state index contributed by atoms with van der Waals surface area (Å²) in [4.78, 5) is 25.5.